The highest BCUT2D eigenvalue weighted by Crippen LogP contribution is 2.34. The highest BCUT2D eigenvalue weighted by atomic mass is 35.5. The molecule has 0 aliphatic heterocycles. The van der Waals surface area contributed by atoms with E-state index in [1.165, 1.54) is 12.1 Å². The summed E-state index contributed by atoms with van der Waals surface area (Å²) >= 11 is 5.91. The normalized spacial score (nSPS) is 16.1. The van der Waals surface area contributed by atoms with Gasteiger partial charge in [0.2, 0.25) is 0 Å². The Bertz CT molecular complexity index is 572. The molecule has 0 aromatic heterocycles. The lowest BCUT2D eigenvalue weighted by Crippen LogP contribution is -2.50. The Labute approximate surface area is 120 Å². The second kappa shape index (κ2) is 5.26. The van der Waals surface area contributed by atoms with Crippen molar-refractivity contribution in [1.29, 1.82) is 0 Å². The summed E-state index contributed by atoms with van der Waals surface area (Å²) in [5.74, 6) is 4.83. The lowest BCUT2D eigenvalue weighted by atomic mass is 9.78. The molecule has 108 valence electrons. The van der Waals surface area contributed by atoms with Crippen molar-refractivity contribution in [3.8, 4) is 0 Å². The number of nitro groups is 1. The molecule has 1 aromatic carbocycles. The Hall–Kier alpha value is -1.86. The van der Waals surface area contributed by atoms with Crippen LogP contribution in [0.4, 0.5) is 11.4 Å². The van der Waals surface area contributed by atoms with Crippen LogP contribution in [0.5, 0.6) is 0 Å². The molecule has 1 aliphatic carbocycles. The van der Waals surface area contributed by atoms with Crippen molar-refractivity contribution in [2.45, 2.75) is 31.7 Å². The molecule has 0 heterocycles. The number of carbonyl (C=O) groups excluding carboxylic acids is 1. The number of carbonyl (C=O) groups is 1. The Kier molecular flexibility index (Phi) is 3.82. The van der Waals surface area contributed by atoms with Crippen LogP contribution in [0.25, 0.3) is 0 Å². The van der Waals surface area contributed by atoms with Crippen LogP contribution in [0.15, 0.2) is 12.1 Å². The van der Waals surface area contributed by atoms with Crippen LogP contribution in [0.3, 0.4) is 0 Å². The van der Waals surface area contributed by atoms with Crippen molar-refractivity contribution in [1.82, 2.24) is 5.32 Å². The van der Waals surface area contributed by atoms with Crippen LogP contribution in [-0.2, 0) is 0 Å². The van der Waals surface area contributed by atoms with Crippen LogP contribution in [0.2, 0.25) is 5.02 Å². The predicted molar refractivity (Wildman–Crippen MR) is 75.6 cm³/mol. The Balaban J connectivity index is 2.32. The first-order valence-electron chi connectivity index (χ1n) is 6.13. The molecule has 1 fully saturated rings. The van der Waals surface area contributed by atoms with Gasteiger partial charge in [0.25, 0.3) is 11.6 Å². The molecule has 0 radical (unpaired) electrons. The number of nitrogen functional groups attached to an aromatic ring is 1. The summed E-state index contributed by atoms with van der Waals surface area (Å²) in [6.07, 6.45) is 2.86. The minimum Gasteiger partial charge on any atom is -0.347 e. The molecule has 0 saturated heterocycles. The molecular weight excluding hydrogens is 284 g/mol. The van der Waals surface area contributed by atoms with E-state index in [9.17, 15) is 14.9 Å². The summed E-state index contributed by atoms with van der Waals surface area (Å²) in [4.78, 5) is 22.5. The monoisotopic (exact) mass is 298 g/mol. The minimum absolute atomic E-state index is 0.0110. The second-order valence-corrected chi connectivity index (χ2v) is 5.53. The minimum atomic E-state index is -0.636. The molecule has 1 aliphatic rings. The molecule has 0 atom stereocenters. The van der Waals surface area contributed by atoms with Gasteiger partial charge < -0.3 is 10.7 Å². The standard InChI is InChI=1S/C12H15ClN4O3/c1-12(3-2-4-12)15-11(18)7-5-8(13)10(16-14)9(6-7)17(19)20/h5-6,16H,2-4,14H2,1H3,(H,15,18). The zero-order valence-electron chi connectivity index (χ0n) is 10.9. The summed E-state index contributed by atoms with van der Waals surface area (Å²) in [6.45, 7) is 1.94. The van der Waals surface area contributed by atoms with E-state index in [2.05, 4.69) is 10.7 Å². The van der Waals surface area contributed by atoms with Crippen LogP contribution in [0.1, 0.15) is 36.5 Å². The molecule has 1 amide bonds. The van der Waals surface area contributed by atoms with Gasteiger partial charge in [-0.2, -0.15) is 0 Å². The van der Waals surface area contributed by atoms with Gasteiger partial charge in [-0.15, -0.1) is 0 Å². The SMILES string of the molecule is CC1(NC(=O)c2cc(Cl)c(NN)c([N+](=O)[O-])c2)CCC1. The molecule has 8 heteroatoms. The van der Waals surface area contributed by atoms with Gasteiger partial charge in [0.15, 0.2) is 0 Å². The molecule has 1 saturated carbocycles. The Morgan fingerprint density at radius 3 is 2.60 bits per heavy atom. The number of hydrazine groups is 1. The fourth-order valence-electron chi connectivity index (χ4n) is 2.19. The molecule has 1 aromatic rings. The smallest absolute Gasteiger partial charge is 0.295 e. The lowest BCUT2D eigenvalue weighted by Gasteiger charge is -2.39. The number of nitrogens with zero attached hydrogens (tertiary/aromatic N) is 1. The number of nitrogens with one attached hydrogen (secondary N) is 2. The van der Waals surface area contributed by atoms with Gasteiger partial charge in [-0.3, -0.25) is 20.8 Å². The maximum atomic E-state index is 12.1. The van der Waals surface area contributed by atoms with Crippen molar-refractivity contribution in [3.63, 3.8) is 0 Å². The fourth-order valence-corrected chi connectivity index (χ4v) is 2.46. The van der Waals surface area contributed by atoms with Crippen molar-refractivity contribution >= 4 is 28.9 Å². The van der Waals surface area contributed by atoms with Crippen molar-refractivity contribution in [3.05, 3.63) is 32.8 Å². The van der Waals surface area contributed by atoms with Gasteiger partial charge in [0.05, 0.1) is 9.95 Å². The Morgan fingerprint density at radius 1 is 1.50 bits per heavy atom. The van der Waals surface area contributed by atoms with Gasteiger partial charge >= 0.3 is 0 Å². The summed E-state index contributed by atoms with van der Waals surface area (Å²) < 4.78 is 0. The molecule has 0 bridgehead atoms. The molecule has 20 heavy (non-hydrogen) atoms. The van der Waals surface area contributed by atoms with E-state index in [-0.39, 0.29) is 33.4 Å². The number of benzene rings is 1. The highest BCUT2D eigenvalue weighted by molar-refractivity contribution is 6.34. The number of amides is 1. The zero-order chi connectivity index (χ0) is 14.9. The third kappa shape index (κ3) is 2.68. The van der Waals surface area contributed by atoms with E-state index in [0.29, 0.717) is 0 Å². The molecule has 0 spiro atoms. The van der Waals surface area contributed by atoms with E-state index in [4.69, 9.17) is 17.4 Å². The molecule has 4 N–H and O–H groups in total. The number of halogens is 1. The maximum Gasteiger partial charge on any atom is 0.295 e. The van der Waals surface area contributed by atoms with Gasteiger partial charge in [0, 0.05) is 17.2 Å². The number of nitro benzene ring substituents is 1. The topological polar surface area (TPSA) is 110 Å². The number of anilines is 1. The molecule has 7 nitrogen and oxygen atoms in total. The van der Waals surface area contributed by atoms with Crippen molar-refractivity contribution in [2.75, 3.05) is 5.43 Å². The first-order chi connectivity index (χ1) is 9.36. The third-order valence-electron chi connectivity index (χ3n) is 3.55. The average molecular weight is 299 g/mol. The number of hydrogen-bond donors (Lipinski definition) is 3. The maximum absolute atomic E-state index is 12.1. The summed E-state index contributed by atoms with van der Waals surface area (Å²) in [7, 11) is 0. The van der Waals surface area contributed by atoms with E-state index in [0.717, 1.165) is 19.3 Å². The lowest BCUT2D eigenvalue weighted by molar-refractivity contribution is -0.384. The third-order valence-corrected chi connectivity index (χ3v) is 3.84. The van der Waals surface area contributed by atoms with E-state index in [1.54, 1.807) is 0 Å². The fraction of sp³-hybridized carbons (Fsp3) is 0.417. The van der Waals surface area contributed by atoms with Crippen LogP contribution in [-0.4, -0.2) is 16.4 Å². The van der Waals surface area contributed by atoms with E-state index in [1.807, 2.05) is 6.92 Å². The first kappa shape index (κ1) is 14.5. The van der Waals surface area contributed by atoms with Crippen LogP contribution >= 0.6 is 11.6 Å². The highest BCUT2D eigenvalue weighted by Gasteiger charge is 2.34. The summed E-state index contributed by atoms with van der Waals surface area (Å²) in [5.41, 5.74) is 1.75. The van der Waals surface area contributed by atoms with Gasteiger partial charge in [-0.1, -0.05) is 11.6 Å². The van der Waals surface area contributed by atoms with Crippen LogP contribution < -0.4 is 16.6 Å². The Morgan fingerprint density at radius 2 is 2.15 bits per heavy atom. The summed E-state index contributed by atoms with van der Waals surface area (Å²) in [6, 6.07) is 2.53. The average Bonchev–Trinajstić information content (AvgIpc) is 2.35. The van der Waals surface area contributed by atoms with Gasteiger partial charge in [0.1, 0.15) is 5.69 Å². The molecule has 2 rings (SSSR count). The molecular formula is C12H15ClN4O3. The predicted octanol–water partition coefficient (Wildman–Crippen LogP) is 2.21. The largest absolute Gasteiger partial charge is 0.347 e. The number of nitrogens with two attached hydrogens (primary N) is 1. The first-order valence-corrected chi connectivity index (χ1v) is 6.51. The second-order valence-electron chi connectivity index (χ2n) is 5.12. The zero-order valence-corrected chi connectivity index (χ0v) is 11.7. The van der Waals surface area contributed by atoms with Crippen molar-refractivity contribution in [2.24, 2.45) is 5.84 Å². The van der Waals surface area contributed by atoms with Crippen molar-refractivity contribution < 1.29 is 9.72 Å². The van der Waals surface area contributed by atoms with Gasteiger partial charge in [-0.25, -0.2) is 0 Å². The van der Waals surface area contributed by atoms with E-state index >= 15 is 0 Å². The number of rotatable bonds is 4. The quantitative estimate of drug-likeness (QED) is 0.448. The van der Waals surface area contributed by atoms with E-state index < -0.39 is 4.92 Å². The van der Waals surface area contributed by atoms with Gasteiger partial charge in [-0.05, 0) is 32.3 Å². The summed E-state index contributed by atoms with van der Waals surface area (Å²) in [5, 5.41) is 13.9. The van der Waals surface area contributed by atoms with Crippen LogP contribution in [0, 0.1) is 10.1 Å². The molecule has 0 unspecified atom stereocenters. The number of hydrogen-bond acceptors (Lipinski definition) is 5.